The molecule has 1 amide bonds. The number of anilines is 1. The summed E-state index contributed by atoms with van der Waals surface area (Å²) in [6.07, 6.45) is 7.74. The highest BCUT2D eigenvalue weighted by atomic mass is 19.1. The lowest BCUT2D eigenvalue weighted by atomic mass is 10.0. The van der Waals surface area contributed by atoms with E-state index in [0.29, 0.717) is 16.9 Å². The number of nitrogen functional groups attached to an aromatic ring is 1. The molecule has 0 fully saturated rings. The summed E-state index contributed by atoms with van der Waals surface area (Å²) in [7, 11) is 5.39. The van der Waals surface area contributed by atoms with Crippen molar-refractivity contribution in [2.24, 2.45) is 7.05 Å². The van der Waals surface area contributed by atoms with Crippen molar-refractivity contribution < 1.29 is 9.18 Å². The van der Waals surface area contributed by atoms with Crippen molar-refractivity contribution >= 4 is 28.2 Å². The number of hydrogen-bond donors (Lipinski definition) is 1. The molecule has 0 saturated carbocycles. The SMILES string of the molecule is C[C@@H](c1cc2c(-n3ccc(N)c(F)c3=O)ccnc2n1C)N1CC=C(c2ccc(C(=O)N(C)C)cn2)CC1. The molecule has 38 heavy (non-hydrogen) atoms. The quantitative estimate of drug-likeness (QED) is 0.437. The summed E-state index contributed by atoms with van der Waals surface area (Å²) < 4.78 is 17.5. The Hall–Kier alpha value is -4.31. The van der Waals surface area contributed by atoms with E-state index in [1.807, 2.05) is 29.8 Å². The topological polar surface area (TPSA) is 102 Å². The summed E-state index contributed by atoms with van der Waals surface area (Å²) in [5.41, 5.74) is 9.50. The van der Waals surface area contributed by atoms with Gasteiger partial charge in [0.1, 0.15) is 5.65 Å². The molecule has 4 aromatic heterocycles. The second-order valence-electron chi connectivity index (χ2n) is 9.74. The number of aryl methyl sites for hydroxylation is 1. The average molecular weight is 516 g/mol. The third-order valence-corrected chi connectivity index (χ3v) is 7.23. The van der Waals surface area contributed by atoms with Gasteiger partial charge in [0.2, 0.25) is 5.82 Å². The Labute approximate surface area is 219 Å². The smallest absolute Gasteiger partial charge is 0.293 e. The summed E-state index contributed by atoms with van der Waals surface area (Å²) in [6, 6.07) is 8.89. The molecule has 1 aliphatic rings. The lowest BCUT2D eigenvalue weighted by Crippen LogP contribution is -2.32. The number of carbonyl (C=O) groups excluding carboxylic acids is 1. The Kier molecular flexibility index (Phi) is 6.58. The minimum absolute atomic E-state index is 0.0628. The van der Waals surface area contributed by atoms with Crippen molar-refractivity contribution in [3.63, 3.8) is 0 Å². The molecule has 5 heterocycles. The van der Waals surface area contributed by atoms with E-state index >= 15 is 0 Å². The third-order valence-electron chi connectivity index (χ3n) is 7.23. The van der Waals surface area contributed by atoms with Crippen LogP contribution in [0.3, 0.4) is 0 Å². The Balaban J connectivity index is 1.40. The van der Waals surface area contributed by atoms with Gasteiger partial charge in [-0.15, -0.1) is 0 Å². The fraction of sp³-hybridized carbons (Fsp3) is 0.286. The number of hydrogen-bond acceptors (Lipinski definition) is 6. The van der Waals surface area contributed by atoms with Gasteiger partial charge in [-0.1, -0.05) is 6.08 Å². The Morgan fingerprint density at radius 1 is 1.18 bits per heavy atom. The zero-order valence-corrected chi connectivity index (χ0v) is 21.8. The minimum atomic E-state index is -0.966. The molecule has 1 atom stereocenters. The van der Waals surface area contributed by atoms with Crippen LogP contribution in [-0.4, -0.2) is 62.0 Å². The number of amides is 1. The van der Waals surface area contributed by atoms with Crippen LogP contribution in [0.15, 0.2) is 59.8 Å². The highest BCUT2D eigenvalue weighted by molar-refractivity contribution is 5.93. The Bertz CT molecular complexity index is 1620. The van der Waals surface area contributed by atoms with Crippen LogP contribution in [0.2, 0.25) is 0 Å². The van der Waals surface area contributed by atoms with E-state index in [1.54, 1.807) is 32.6 Å². The molecule has 0 radical (unpaired) electrons. The first-order valence-corrected chi connectivity index (χ1v) is 12.4. The molecule has 10 heteroatoms. The van der Waals surface area contributed by atoms with Gasteiger partial charge < -0.3 is 15.2 Å². The van der Waals surface area contributed by atoms with E-state index in [0.717, 1.165) is 41.9 Å². The van der Waals surface area contributed by atoms with Crippen LogP contribution in [0, 0.1) is 5.82 Å². The first-order valence-electron chi connectivity index (χ1n) is 12.4. The number of fused-ring (bicyclic) bond motifs is 1. The van der Waals surface area contributed by atoms with E-state index in [1.165, 1.54) is 21.7 Å². The van der Waals surface area contributed by atoms with Gasteiger partial charge in [0.25, 0.3) is 11.5 Å². The molecule has 1 aliphatic heterocycles. The summed E-state index contributed by atoms with van der Waals surface area (Å²) >= 11 is 0. The number of nitrogens with zero attached hydrogens (tertiary/aromatic N) is 6. The molecule has 2 N–H and O–H groups in total. The molecular weight excluding hydrogens is 485 g/mol. The predicted octanol–water partition coefficient (Wildman–Crippen LogP) is 3.39. The molecule has 0 saturated heterocycles. The van der Waals surface area contributed by atoms with Crippen LogP contribution in [-0.2, 0) is 7.05 Å². The second kappa shape index (κ2) is 9.86. The first-order chi connectivity index (χ1) is 18.2. The van der Waals surface area contributed by atoms with Gasteiger partial charge in [0, 0.05) is 69.9 Å². The molecular formula is C28H30FN7O2. The zero-order valence-electron chi connectivity index (χ0n) is 21.8. The predicted molar refractivity (Wildman–Crippen MR) is 146 cm³/mol. The van der Waals surface area contributed by atoms with Gasteiger partial charge in [-0.2, -0.15) is 4.39 Å². The van der Waals surface area contributed by atoms with Crippen LogP contribution in [0.1, 0.15) is 41.1 Å². The van der Waals surface area contributed by atoms with Crippen LogP contribution in [0.4, 0.5) is 10.1 Å². The number of halogens is 1. The minimum Gasteiger partial charge on any atom is -0.396 e. The lowest BCUT2D eigenvalue weighted by molar-refractivity contribution is 0.0827. The van der Waals surface area contributed by atoms with Crippen molar-refractivity contribution in [2.45, 2.75) is 19.4 Å². The van der Waals surface area contributed by atoms with Gasteiger partial charge >= 0.3 is 0 Å². The molecule has 0 aliphatic carbocycles. The lowest BCUT2D eigenvalue weighted by Gasteiger charge is -2.32. The van der Waals surface area contributed by atoms with Gasteiger partial charge in [-0.05, 0) is 49.2 Å². The maximum absolute atomic E-state index is 14.3. The highest BCUT2D eigenvalue weighted by Gasteiger charge is 2.24. The first kappa shape index (κ1) is 25.3. The third kappa shape index (κ3) is 4.37. The molecule has 4 aromatic rings. The van der Waals surface area contributed by atoms with Gasteiger partial charge in [-0.25, -0.2) is 4.98 Å². The maximum Gasteiger partial charge on any atom is 0.293 e. The molecule has 5 rings (SSSR count). The number of nitrogens with two attached hydrogens (primary N) is 1. The van der Waals surface area contributed by atoms with E-state index in [9.17, 15) is 14.0 Å². The van der Waals surface area contributed by atoms with Crippen molar-refractivity contribution in [1.82, 2.24) is 28.9 Å². The largest absolute Gasteiger partial charge is 0.396 e. The average Bonchev–Trinajstić information content (AvgIpc) is 3.28. The fourth-order valence-electron chi connectivity index (χ4n) is 4.98. The highest BCUT2D eigenvalue weighted by Crippen LogP contribution is 2.32. The van der Waals surface area contributed by atoms with Crippen molar-refractivity contribution in [1.29, 1.82) is 0 Å². The molecule has 196 valence electrons. The Morgan fingerprint density at radius 2 is 1.97 bits per heavy atom. The van der Waals surface area contributed by atoms with Crippen molar-refractivity contribution in [3.05, 3.63) is 88.1 Å². The van der Waals surface area contributed by atoms with E-state index < -0.39 is 11.4 Å². The van der Waals surface area contributed by atoms with Crippen LogP contribution in [0.5, 0.6) is 0 Å². The summed E-state index contributed by atoms with van der Waals surface area (Å²) in [5, 5.41) is 0.757. The fourth-order valence-corrected chi connectivity index (χ4v) is 4.98. The summed E-state index contributed by atoms with van der Waals surface area (Å²) in [6.45, 7) is 3.71. The number of pyridine rings is 3. The number of carbonyl (C=O) groups is 1. The van der Waals surface area contributed by atoms with Gasteiger partial charge in [-0.3, -0.25) is 24.0 Å². The second-order valence-corrected chi connectivity index (χ2v) is 9.74. The molecule has 0 bridgehead atoms. The van der Waals surface area contributed by atoms with Gasteiger partial charge in [0.15, 0.2) is 0 Å². The monoisotopic (exact) mass is 515 g/mol. The van der Waals surface area contributed by atoms with E-state index in [4.69, 9.17) is 5.73 Å². The Morgan fingerprint density at radius 3 is 2.63 bits per heavy atom. The van der Waals surface area contributed by atoms with Crippen LogP contribution in [0.25, 0.3) is 22.3 Å². The van der Waals surface area contributed by atoms with Crippen LogP contribution >= 0.6 is 0 Å². The molecule has 0 unspecified atom stereocenters. The normalized spacial score (nSPS) is 14.9. The molecule has 0 spiro atoms. The van der Waals surface area contributed by atoms with E-state index in [2.05, 4.69) is 27.9 Å². The summed E-state index contributed by atoms with van der Waals surface area (Å²) in [5.74, 6) is -1.04. The van der Waals surface area contributed by atoms with Crippen molar-refractivity contribution in [3.8, 4) is 5.69 Å². The van der Waals surface area contributed by atoms with Crippen molar-refractivity contribution in [2.75, 3.05) is 32.9 Å². The molecule has 0 aromatic carbocycles. The maximum atomic E-state index is 14.3. The van der Waals surface area contributed by atoms with E-state index in [-0.39, 0.29) is 17.6 Å². The number of rotatable bonds is 5. The number of aromatic nitrogens is 4. The standard InChI is InChI=1S/C28H30FN7O2/c1-17(35-12-8-18(9-13-35)22-6-5-19(16-32-22)27(37)33(2)3)24-15-20-23(7-11-31-26(20)34(24)4)36-14-10-21(30)25(29)28(36)38/h5-8,10-11,14-17H,9,12-13,30H2,1-4H3/t17-/m0/s1. The van der Waals surface area contributed by atoms with Gasteiger partial charge in [0.05, 0.1) is 22.6 Å². The van der Waals surface area contributed by atoms with Crippen LogP contribution < -0.4 is 11.3 Å². The molecule has 9 nitrogen and oxygen atoms in total. The zero-order chi connectivity index (χ0) is 27.1. The summed E-state index contributed by atoms with van der Waals surface area (Å²) in [4.78, 5) is 37.7.